The highest BCUT2D eigenvalue weighted by molar-refractivity contribution is 6.38. The van der Waals surface area contributed by atoms with Gasteiger partial charge in [0.05, 0.1) is 5.02 Å². The summed E-state index contributed by atoms with van der Waals surface area (Å²) in [5.74, 6) is -0.0811. The number of carbonyl (C=O) groups is 1. The van der Waals surface area contributed by atoms with E-state index < -0.39 is 0 Å². The molecule has 1 aromatic carbocycles. The Hall–Kier alpha value is -1.52. The number of carbonyl (C=O) groups excluding carboxylic acids is 1. The molecule has 5 heteroatoms. The largest absolute Gasteiger partial charge is 0.346 e. The number of benzene rings is 1. The fourth-order valence-electron chi connectivity index (χ4n) is 3.56. The molecule has 1 amide bonds. The summed E-state index contributed by atoms with van der Waals surface area (Å²) >= 11 is 6.45. The van der Waals surface area contributed by atoms with Crippen LogP contribution in [-0.4, -0.2) is 41.6 Å². The van der Waals surface area contributed by atoms with Gasteiger partial charge in [0.1, 0.15) is 5.69 Å². The van der Waals surface area contributed by atoms with Crippen molar-refractivity contribution >= 4 is 28.4 Å². The summed E-state index contributed by atoms with van der Waals surface area (Å²) < 4.78 is 1.88. The number of aromatic nitrogens is 1. The first-order valence-electron chi connectivity index (χ1n) is 7.71. The van der Waals surface area contributed by atoms with Gasteiger partial charge in [-0.15, -0.1) is 0 Å². The van der Waals surface area contributed by atoms with Gasteiger partial charge >= 0.3 is 0 Å². The zero-order valence-electron chi connectivity index (χ0n) is 13.3. The number of nitrogens with one attached hydrogen (secondary N) is 1. The molecule has 0 spiro atoms. The summed E-state index contributed by atoms with van der Waals surface area (Å²) in [7, 11) is 6.03. The number of para-hydroxylation sites is 1. The number of nitrogens with zero attached hydrogens (tertiary/aromatic N) is 2. The quantitative estimate of drug-likeness (QED) is 0.944. The van der Waals surface area contributed by atoms with Crippen LogP contribution in [0.4, 0.5) is 0 Å². The molecule has 118 valence electrons. The highest BCUT2D eigenvalue weighted by Gasteiger charge is 2.31. The summed E-state index contributed by atoms with van der Waals surface area (Å²) in [6.07, 6.45) is 3.30. The second-order valence-electron chi connectivity index (χ2n) is 6.28. The molecule has 1 heterocycles. The Bertz CT molecular complexity index is 668. The standard InChI is InChI=1S/C17H22ClN3O/c1-20(2)14-10-6-8-12(14)19-17(22)16-15(18)11-7-4-5-9-13(11)21(16)3/h4-5,7,9,12,14H,6,8,10H2,1-3H3,(H,19,22)/t12-,14-/m1/s1. The fourth-order valence-corrected chi connectivity index (χ4v) is 3.94. The summed E-state index contributed by atoms with van der Waals surface area (Å²) in [6.45, 7) is 0. The average Bonchev–Trinajstić information content (AvgIpc) is 3.04. The maximum atomic E-state index is 12.7. The molecule has 1 saturated carbocycles. The predicted octanol–water partition coefficient (Wildman–Crippen LogP) is 3.04. The van der Waals surface area contributed by atoms with E-state index in [1.807, 2.05) is 35.9 Å². The third-order valence-electron chi connectivity index (χ3n) is 4.72. The van der Waals surface area contributed by atoms with E-state index in [0.717, 1.165) is 30.2 Å². The van der Waals surface area contributed by atoms with Crippen LogP contribution in [0.1, 0.15) is 29.8 Å². The SMILES string of the molecule is CN(C)[C@@H]1CCC[C@H]1NC(=O)c1c(Cl)c2ccccc2n1C. The molecule has 22 heavy (non-hydrogen) atoms. The van der Waals surface area contributed by atoms with Crippen LogP contribution in [0.25, 0.3) is 10.9 Å². The molecule has 2 atom stereocenters. The lowest BCUT2D eigenvalue weighted by atomic mass is 10.1. The Labute approximate surface area is 136 Å². The van der Waals surface area contributed by atoms with Crippen molar-refractivity contribution in [3.8, 4) is 0 Å². The van der Waals surface area contributed by atoms with Crippen molar-refractivity contribution in [1.29, 1.82) is 0 Å². The van der Waals surface area contributed by atoms with Crippen LogP contribution in [0.15, 0.2) is 24.3 Å². The number of rotatable bonds is 3. The molecule has 1 N–H and O–H groups in total. The number of hydrogen-bond donors (Lipinski definition) is 1. The minimum Gasteiger partial charge on any atom is -0.346 e. The van der Waals surface area contributed by atoms with E-state index in [1.165, 1.54) is 0 Å². The number of amides is 1. The van der Waals surface area contributed by atoms with Gasteiger partial charge in [0.2, 0.25) is 0 Å². The fraction of sp³-hybridized carbons (Fsp3) is 0.471. The number of aryl methyl sites for hydroxylation is 1. The third-order valence-corrected chi connectivity index (χ3v) is 5.10. The molecule has 4 nitrogen and oxygen atoms in total. The number of halogens is 1. The van der Waals surface area contributed by atoms with Crippen molar-refractivity contribution < 1.29 is 4.79 Å². The second-order valence-corrected chi connectivity index (χ2v) is 6.66. The molecule has 0 unspecified atom stereocenters. The van der Waals surface area contributed by atoms with E-state index in [9.17, 15) is 4.79 Å². The normalized spacial score (nSPS) is 21.7. The van der Waals surface area contributed by atoms with Crippen LogP contribution in [0.3, 0.4) is 0 Å². The van der Waals surface area contributed by atoms with Crippen molar-refractivity contribution in [2.75, 3.05) is 14.1 Å². The van der Waals surface area contributed by atoms with E-state index in [2.05, 4.69) is 24.3 Å². The minimum absolute atomic E-state index is 0.0811. The first-order chi connectivity index (χ1) is 10.5. The summed E-state index contributed by atoms with van der Waals surface area (Å²) in [6, 6.07) is 8.42. The van der Waals surface area contributed by atoms with Gasteiger partial charge in [-0.3, -0.25) is 4.79 Å². The van der Waals surface area contributed by atoms with E-state index in [1.54, 1.807) is 0 Å². The first kappa shape index (κ1) is 15.4. The molecule has 0 bridgehead atoms. The smallest absolute Gasteiger partial charge is 0.269 e. The molecule has 1 aliphatic rings. The van der Waals surface area contributed by atoms with Crippen molar-refractivity contribution in [3.05, 3.63) is 35.0 Å². The van der Waals surface area contributed by atoms with E-state index >= 15 is 0 Å². The van der Waals surface area contributed by atoms with E-state index in [-0.39, 0.29) is 11.9 Å². The van der Waals surface area contributed by atoms with Crippen LogP contribution < -0.4 is 5.32 Å². The molecule has 0 aliphatic heterocycles. The summed E-state index contributed by atoms with van der Waals surface area (Å²) in [5, 5.41) is 4.64. The third kappa shape index (κ3) is 2.50. The Morgan fingerprint density at radius 3 is 2.73 bits per heavy atom. The number of likely N-dealkylation sites (N-methyl/N-ethyl adjacent to an activating group) is 1. The van der Waals surface area contributed by atoms with E-state index in [0.29, 0.717) is 16.8 Å². The average molecular weight is 320 g/mol. The van der Waals surface area contributed by atoms with Crippen LogP contribution in [0, 0.1) is 0 Å². The zero-order valence-corrected chi connectivity index (χ0v) is 14.0. The number of fused-ring (bicyclic) bond motifs is 1. The Balaban J connectivity index is 1.90. The molecular formula is C17H22ClN3O. The summed E-state index contributed by atoms with van der Waals surface area (Å²) in [5.41, 5.74) is 1.53. The molecule has 0 radical (unpaired) electrons. The van der Waals surface area contributed by atoms with Gasteiger partial charge in [-0.05, 0) is 39.4 Å². The monoisotopic (exact) mass is 319 g/mol. The topological polar surface area (TPSA) is 37.3 Å². The molecule has 2 aromatic rings. The van der Waals surface area contributed by atoms with Crippen molar-refractivity contribution in [1.82, 2.24) is 14.8 Å². The van der Waals surface area contributed by atoms with Gasteiger partial charge in [0.15, 0.2) is 0 Å². The van der Waals surface area contributed by atoms with Crippen molar-refractivity contribution in [3.63, 3.8) is 0 Å². The molecule has 1 aromatic heterocycles. The van der Waals surface area contributed by atoms with Crippen LogP contribution >= 0.6 is 11.6 Å². The maximum absolute atomic E-state index is 12.7. The Kier molecular flexibility index (Phi) is 4.15. The van der Waals surface area contributed by atoms with Crippen LogP contribution in [-0.2, 0) is 7.05 Å². The minimum atomic E-state index is -0.0811. The molecule has 0 saturated heterocycles. The highest BCUT2D eigenvalue weighted by Crippen LogP contribution is 2.30. The lowest BCUT2D eigenvalue weighted by molar-refractivity contribution is 0.0911. The van der Waals surface area contributed by atoms with Gasteiger partial charge in [-0.1, -0.05) is 29.8 Å². The maximum Gasteiger partial charge on any atom is 0.269 e. The highest BCUT2D eigenvalue weighted by atomic mass is 35.5. The molecular weight excluding hydrogens is 298 g/mol. The van der Waals surface area contributed by atoms with Gasteiger partial charge < -0.3 is 14.8 Å². The van der Waals surface area contributed by atoms with Crippen LogP contribution in [0.5, 0.6) is 0 Å². The van der Waals surface area contributed by atoms with Gasteiger partial charge in [-0.2, -0.15) is 0 Å². The molecule has 3 rings (SSSR count). The Morgan fingerprint density at radius 1 is 1.32 bits per heavy atom. The van der Waals surface area contributed by atoms with Gasteiger partial charge in [-0.25, -0.2) is 0 Å². The molecule has 1 fully saturated rings. The van der Waals surface area contributed by atoms with E-state index in [4.69, 9.17) is 11.6 Å². The van der Waals surface area contributed by atoms with Gasteiger partial charge in [0, 0.05) is 30.0 Å². The lowest BCUT2D eigenvalue weighted by Gasteiger charge is -2.27. The number of hydrogen-bond acceptors (Lipinski definition) is 2. The lowest BCUT2D eigenvalue weighted by Crippen LogP contribution is -2.46. The van der Waals surface area contributed by atoms with Crippen LogP contribution in [0.2, 0.25) is 5.02 Å². The van der Waals surface area contributed by atoms with Crippen molar-refractivity contribution in [2.24, 2.45) is 7.05 Å². The predicted molar refractivity (Wildman–Crippen MR) is 90.5 cm³/mol. The second kappa shape index (κ2) is 5.94. The van der Waals surface area contributed by atoms with Crippen molar-refractivity contribution in [2.45, 2.75) is 31.3 Å². The first-order valence-corrected chi connectivity index (χ1v) is 8.08. The zero-order chi connectivity index (χ0) is 15.9. The summed E-state index contributed by atoms with van der Waals surface area (Å²) in [4.78, 5) is 14.9. The molecule has 1 aliphatic carbocycles. The van der Waals surface area contributed by atoms with Gasteiger partial charge in [0.25, 0.3) is 5.91 Å². The Morgan fingerprint density at radius 2 is 2.05 bits per heavy atom.